The van der Waals surface area contributed by atoms with Crippen LogP contribution in [0.1, 0.15) is 82.6 Å². The van der Waals surface area contributed by atoms with Crippen molar-refractivity contribution in [1.82, 2.24) is 20.3 Å². The number of benzene rings is 1. The van der Waals surface area contributed by atoms with Crippen molar-refractivity contribution in [1.29, 1.82) is 0 Å². The Bertz CT molecular complexity index is 1590. The Balaban J connectivity index is 1.24. The predicted molar refractivity (Wildman–Crippen MR) is 178 cm³/mol. The Morgan fingerprint density at radius 2 is 1.84 bits per heavy atom. The van der Waals surface area contributed by atoms with E-state index in [1.165, 1.54) is 11.1 Å². The van der Waals surface area contributed by atoms with Gasteiger partial charge in [0.05, 0.1) is 25.1 Å². The number of carbonyl (C=O) groups excluding carboxylic acids is 4. The monoisotopic (exact) mass is 699 g/mol. The van der Waals surface area contributed by atoms with E-state index >= 15 is 0 Å². The molecular weight excluding hydrogens is 654 g/mol. The van der Waals surface area contributed by atoms with Crippen molar-refractivity contribution >= 4 is 40.1 Å². The van der Waals surface area contributed by atoms with Gasteiger partial charge in [0.25, 0.3) is 5.91 Å². The first-order valence-corrected chi connectivity index (χ1v) is 18.8. The van der Waals surface area contributed by atoms with Crippen LogP contribution < -0.4 is 20.1 Å². The standard InChI is InChI=1S/C34H45N5O9S/c1-46-29-15-8-7-10-22(29)20-35-48-25-18-28-30(40)37-34(32(42)38-49(44,45)26-16-17-26)19-23(34)11-5-3-2-4-6-14-27(31(41)39(28)21-25)36-33(43)47-24-12-9-13-24/h5,7-8,10-11,15,20,23-28H,2-4,6,9,12-14,16-19,21H2,1H3,(H,36,43)(H,37,40)(H,38,42)/b11-5-,35-20+/t23-,25-,27+,28+,34+/m1/s1. The highest BCUT2D eigenvalue weighted by Crippen LogP contribution is 2.46. The van der Waals surface area contributed by atoms with Crippen LogP contribution in [0.15, 0.2) is 41.6 Å². The van der Waals surface area contributed by atoms with Crippen LogP contribution in [0.25, 0.3) is 0 Å². The summed E-state index contributed by atoms with van der Waals surface area (Å²) >= 11 is 0. The third kappa shape index (κ3) is 8.19. The summed E-state index contributed by atoms with van der Waals surface area (Å²) in [4.78, 5) is 61.9. The minimum absolute atomic E-state index is 0.00533. The molecule has 4 amide bonds. The van der Waals surface area contributed by atoms with E-state index in [9.17, 15) is 27.6 Å². The van der Waals surface area contributed by atoms with Crippen LogP contribution in [-0.2, 0) is 34.0 Å². The molecule has 1 aromatic rings. The topological polar surface area (TPSA) is 182 Å². The number of rotatable bonds is 9. The van der Waals surface area contributed by atoms with Gasteiger partial charge in [0, 0.05) is 17.9 Å². The van der Waals surface area contributed by atoms with E-state index in [1.807, 2.05) is 24.3 Å². The molecule has 1 saturated heterocycles. The van der Waals surface area contributed by atoms with Crippen molar-refractivity contribution in [2.45, 2.75) is 112 Å². The lowest BCUT2D eigenvalue weighted by Crippen LogP contribution is -2.58. The summed E-state index contributed by atoms with van der Waals surface area (Å²) in [7, 11) is -2.32. The molecule has 266 valence electrons. The molecule has 0 unspecified atom stereocenters. The van der Waals surface area contributed by atoms with Crippen molar-refractivity contribution in [2.75, 3.05) is 13.7 Å². The lowest BCUT2D eigenvalue weighted by atomic mass is 9.96. The van der Waals surface area contributed by atoms with Crippen molar-refractivity contribution in [3.63, 3.8) is 0 Å². The summed E-state index contributed by atoms with van der Waals surface area (Å²) in [6.07, 6.45) is 10.8. The summed E-state index contributed by atoms with van der Waals surface area (Å²) < 4.78 is 38.5. The zero-order chi connectivity index (χ0) is 34.6. The number of hydrogen-bond donors (Lipinski definition) is 3. The van der Waals surface area contributed by atoms with Crippen LogP contribution in [0, 0.1) is 5.92 Å². The van der Waals surface area contributed by atoms with Gasteiger partial charge >= 0.3 is 6.09 Å². The maximum Gasteiger partial charge on any atom is 0.408 e. The van der Waals surface area contributed by atoms with Crippen molar-refractivity contribution in [3.05, 3.63) is 42.0 Å². The highest BCUT2D eigenvalue weighted by Gasteiger charge is 2.62. The molecule has 5 atom stereocenters. The van der Waals surface area contributed by atoms with E-state index in [-0.39, 0.29) is 25.5 Å². The number of sulfonamides is 1. The second kappa shape index (κ2) is 14.8. The van der Waals surface area contributed by atoms with Gasteiger partial charge in [0.2, 0.25) is 21.8 Å². The smallest absolute Gasteiger partial charge is 0.408 e. The fourth-order valence-corrected chi connectivity index (χ4v) is 7.96. The van der Waals surface area contributed by atoms with Crippen molar-refractivity contribution in [2.24, 2.45) is 11.1 Å². The molecule has 15 heteroatoms. The number of alkyl carbamates (subject to hydrolysis) is 1. The SMILES string of the molecule is COc1ccccc1/C=N/O[C@@H]1C[C@H]2C(=O)N[C@@]3(C(=O)NS(=O)(=O)C4CC4)C[C@H]3/C=C\CCCCC[C@H](NC(=O)OC3CCC3)C(=O)N2C1. The third-order valence-corrected chi connectivity index (χ3v) is 11.8. The van der Waals surface area contributed by atoms with E-state index in [0.717, 1.165) is 32.1 Å². The van der Waals surface area contributed by atoms with Crippen molar-refractivity contribution < 1.29 is 41.9 Å². The maximum atomic E-state index is 14.2. The van der Waals surface area contributed by atoms with Gasteiger partial charge in [-0.05, 0) is 69.9 Å². The van der Waals surface area contributed by atoms with Gasteiger partial charge in [-0.3, -0.25) is 19.1 Å². The van der Waals surface area contributed by atoms with Gasteiger partial charge in [-0.15, -0.1) is 0 Å². The van der Waals surface area contributed by atoms with Gasteiger partial charge in [-0.25, -0.2) is 13.2 Å². The van der Waals surface area contributed by atoms with E-state index in [1.54, 1.807) is 19.2 Å². The maximum absolute atomic E-state index is 14.2. The minimum atomic E-state index is -3.87. The number of methoxy groups -OCH3 is 1. The Kier molecular flexibility index (Phi) is 10.5. The van der Waals surface area contributed by atoms with E-state index in [2.05, 4.69) is 20.5 Å². The molecule has 3 N–H and O–H groups in total. The number of oxime groups is 1. The van der Waals surface area contributed by atoms with Gasteiger partial charge in [-0.1, -0.05) is 42.3 Å². The normalized spacial score (nSPS) is 30.0. The second-order valence-electron chi connectivity index (χ2n) is 13.6. The first-order valence-electron chi connectivity index (χ1n) is 17.2. The summed E-state index contributed by atoms with van der Waals surface area (Å²) in [6.45, 7) is -0.00533. The van der Waals surface area contributed by atoms with Gasteiger partial charge in [-0.2, -0.15) is 0 Å². The molecule has 6 rings (SSSR count). The summed E-state index contributed by atoms with van der Waals surface area (Å²) in [6, 6.07) is 5.20. The molecule has 3 saturated carbocycles. The molecule has 4 fully saturated rings. The van der Waals surface area contributed by atoms with Gasteiger partial charge < -0.3 is 29.8 Å². The van der Waals surface area contributed by atoms with Crippen LogP contribution in [0.2, 0.25) is 0 Å². The Morgan fingerprint density at radius 3 is 2.57 bits per heavy atom. The lowest BCUT2D eigenvalue weighted by molar-refractivity contribution is -0.141. The molecule has 14 nitrogen and oxygen atoms in total. The molecule has 2 aliphatic heterocycles. The zero-order valence-corrected chi connectivity index (χ0v) is 28.5. The number of ether oxygens (including phenoxy) is 2. The largest absolute Gasteiger partial charge is 0.496 e. The molecule has 0 aromatic heterocycles. The molecular formula is C34H45N5O9S. The minimum Gasteiger partial charge on any atom is -0.496 e. The predicted octanol–water partition coefficient (Wildman–Crippen LogP) is 2.67. The Labute approximate surface area is 286 Å². The number of amides is 4. The first-order chi connectivity index (χ1) is 23.6. The van der Waals surface area contributed by atoms with Crippen LogP contribution in [0.3, 0.4) is 0 Å². The average Bonchev–Trinajstić information content (AvgIpc) is 3.98. The summed E-state index contributed by atoms with van der Waals surface area (Å²) in [5.41, 5.74) is -0.807. The number of nitrogens with one attached hydrogen (secondary N) is 3. The van der Waals surface area contributed by atoms with Crippen LogP contribution in [0.5, 0.6) is 5.75 Å². The highest BCUT2D eigenvalue weighted by molar-refractivity contribution is 7.91. The highest BCUT2D eigenvalue weighted by atomic mass is 32.2. The van der Waals surface area contributed by atoms with Crippen LogP contribution in [0.4, 0.5) is 4.79 Å². The quantitative estimate of drug-likeness (QED) is 0.198. The second-order valence-corrected chi connectivity index (χ2v) is 15.6. The van der Waals surface area contributed by atoms with E-state index in [4.69, 9.17) is 14.3 Å². The molecule has 1 aromatic carbocycles. The Hall–Kier alpha value is -4.14. The molecule has 0 bridgehead atoms. The number of carbonyl (C=O) groups is 4. The molecule has 49 heavy (non-hydrogen) atoms. The van der Waals surface area contributed by atoms with Crippen molar-refractivity contribution in [3.8, 4) is 5.75 Å². The van der Waals surface area contributed by atoms with E-state index < -0.39 is 68.7 Å². The molecule has 0 spiro atoms. The van der Waals surface area contributed by atoms with Gasteiger partial charge in [0.1, 0.15) is 35.6 Å². The van der Waals surface area contributed by atoms with E-state index in [0.29, 0.717) is 43.4 Å². The fourth-order valence-electron chi connectivity index (χ4n) is 6.60. The number of allylic oxidation sites excluding steroid dienone is 1. The number of para-hydroxylation sites is 1. The summed E-state index contributed by atoms with van der Waals surface area (Å²) in [5.74, 6) is -1.69. The molecule has 0 radical (unpaired) electrons. The molecule has 5 aliphatic rings. The first kappa shape index (κ1) is 34.7. The fraction of sp³-hybridized carbons (Fsp3) is 0.618. The molecule has 3 aliphatic carbocycles. The lowest BCUT2D eigenvalue weighted by Gasteiger charge is -2.30. The average molecular weight is 700 g/mol. The van der Waals surface area contributed by atoms with Crippen LogP contribution in [-0.4, -0.2) is 92.1 Å². The third-order valence-electron chi connectivity index (χ3n) is 10.0. The molecule has 2 heterocycles. The zero-order valence-electron chi connectivity index (χ0n) is 27.7. The summed E-state index contributed by atoms with van der Waals surface area (Å²) in [5, 5.41) is 9.11. The number of hydrogen-bond acceptors (Lipinski definition) is 10. The van der Waals surface area contributed by atoms with Crippen LogP contribution >= 0.6 is 0 Å². The number of nitrogens with zero attached hydrogens (tertiary/aromatic N) is 2. The Morgan fingerprint density at radius 1 is 1.04 bits per heavy atom. The van der Waals surface area contributed by atoms with Gasteiger partial charge in [0.15, 0.2) is 0 Å². The number of fused-ring (bicyclic) bond motifs is 2.